The molecule has 0 saturated carbocycles. The van der Waals surface area contributed by atoms with Gasteiger partial charge in [-0.15, -0.1) is 5.10 Å². The van der Waals surface area contributed by atoms with E-state index in [1.165, 1.54) is 10.7 Å². The summed E-state index contributed by atoms with van der Waals surface area (Å²) in [4.78, 5) is 0. The number of aromatic nitrogens is 4. The topological polar surface area (TPSA) is 55.6 Å². The van der Waals surface area contributed by atoms with Crippen molar-refractivity contribution in [1.29, 1.82) is 0 Å². The van der Waals surface area contributed by atoms with Gasteiger partial charge in [0.2, 0.25) is 0 Å². The van der Waals surface area contributed by atoms with Gasteiger partial charge >= 0.3 is 0 Å². The molecule has 0 aliphatic rings. The molecule has 0 unspecified atom stereocenters. The van der Waals surface area contributed by atoms with Gasteiger partial charge in [0.15, 0.2) is 11.6 Å². The lowest BCUT2D eigenvalue weighted by Gasteiger charge is -2.05. The van der Waals surface area contributed by atoms with Gasteiger partial charge in [-0.05, 0) is 29.1 Å². The first kappa shape index (κ1) is 11.6. The normalized spacial score (nSPS) is 10.8. The van der Waals surface area contributed by atoms with Crippen LogP contribution >= 0.6 is 0 Å². The standard InChI is InChI=1S/C10H11F2N5/c1-2-13-6-10-14-15-16-17(10)9-4-3-7(11)5-8(9)12/h3-5,13H,2,6H2,1H3. The third-order valence-electron chi connectivity index (χ3n) is 2.21. The number of nitrogens with zero attached hydrogens (tertiary/aromatic N) is 4. The van der Waals surface area contributed by atoms with Crippen molar-refractivity contribution in [2.75, 3.05) is 6.54 Å². The van der Waals surface area contributed by atoms with Gasteiger partial charge in [0.1, 0.15) is 11.5 Å². The van der Waals surface area contributed by atoms with Crippen LogP contribution in [0.3, 0.4) is 0 Å². The predicted molar refractivity (Wildman–Crippen MR) is 56.5 cm³/mol. The average Bonchev–Trinajstić information content (AvgIpc) is 2.74. The van der Waals surface area contributed by atoms with E-state index < -0.39 is 11.6 Å². The zero-order valence-electron chi connectivity index (χ0n) is 9.19. The van der Waals surface area contributed by atoms with E-state index in [4.69, 9.17) is 0 Å². The first-order chi connectivity index (χ1) is 8.22. The monoisotopic (exact) mass is 239 g/mol. The minimum Gasteiger partial charge on any atom is -0.310 e. The molecule has 1 N–H and O–H groups in total. The number of nitrogens with one attached hydrogen (secondary N) is 1. The molecule has 0 aliphatic heterocycles. The second-order valence-electron chi connectivity index (χ2n) is 3.38. The van der Waals surface area contributed by atoms with E-state index in [1.807, 2.05) is 6.92 Å². The molecular formula is C10H11F2N5. The molecule has 1 aromatic heterocycles. The molecule has 0 fully saturated rings. The molecule has 90 valence electrons. The highest BCUT2D eigenvalue weighted by Crippen LogP contribution is 2.14. The lowest BCUT2D eigenvalue weighted by molar-refractivity contribution is 0.566. The van der Waals surface area contributed by atoms with E-state index in [2.05, 4.69) is 20.8 Å². The van der Waals surface area contributed by atoms with Gasteiger partial charge in [-0.2, -0.15) is 4.68 Å². The van der Waals surface area contributed by atoms with Gasteiger partial charge in [0.25, 0.3) is 0 Å². The Morgan fingerprint density at radius 1 is 1.35 bits per heavy atom. The van der Waals surface area contributed by atoms with Crippen LogP contribution in [0, 0.1) is 11.6 Å². The van der Waals surface area contributed by atoms with E-state index in [9.17, 15) is 8.78 Å². The fourth-order valence-electron chi connectivity index (χ4n) is 1.39. The molecule has 0 aliphatic carbocycles. The Morgan fingerprint density at radius 3 is 2.88 bits per heavy atom. The Morgan fingerprint density at radius 2 is 2.18 bits per heavy atom. The first-order valence-corrected chi connectivity index (χ1v) is 5.15. The fraction of sp³-hybridized carbons (Fsp3) is 0.300. The molecule has 1 heterocycles. The lowest BCUT2D eigenvalue weighted by atomic mass is 10.3. The maximum Gasteiger partial charge on any atom is 0.170 e. The predicted octanol–water partition coefficient (Wildman–Crippen LogP) is 1.05. The molecule has 0 bridgehead atoms. The summed E-state index contributed by atoms with van der Waals surface area (Å²) < 4.78 is 27.6. The van der Waals surface area contributed by atoms with Crippen molar-refractivity contribution in [3.63, 3.8) is 0 Å². The van der Waals surface area contributed by atoms with E-state index >= 15 is 0 Å². The summed E-state index contributed by atoms with van der Waals surface area (Å²) in [5, 5.41) is 14.0. The number of benzene rings is 1. The van der Waals surface area contributed by atoms with Crippen LogP contribution in [0.4, 0.5) is 8.78 Å². The summed E-state index contributed by atoms with van der Waals surface area (Å²) in [7, 11) is 0. The van der Waals surface area contributed by atoms with Crippen molar-refractivity contribution in [1.82, 2.24) is 25.5 Å². The summed E-state index contributed by atoms with van der Waals surface area (Å²) in [5.41, 5.74) is 0.129. The zero-order chi connectivity index (χ0) is 12.3. The summed E-state index contributed by atoms with van der Waals surface area (Å²) in [6.07, 6.45) is 0. The van der Waals surface area contributed by atoms with Crippen molar-refractivity contribution >= 4 is 0 Å². The van der Waals surface area contributed by atoms with Crippen LogP contribution in [-0.4, -0.2) is 26.8 Å². The largest absolute Gasteiger partial charge is 0.310 e. The van der Waals surface area contributed by atoms with Crippen LogP contribution in [0.15, 0.2) is 18.2 Å². The van der Waals surface area contributed by atoms with Gasteiger partial charge in [-0.3, -0.25) is 0 Å². The summed E-state index contributed by atoms with van der Waals surface area (Å²) >= 11 is 0. The second-order valence-corrected chi connectivity index (χ2v) is 3.38. The van der Waals surface area contributed by atoms with Crippen molar-refractivity contribution in [3.05, 3.63) is 35.7 Å². The molecule has 0 spiro atoms. The van der Waals surface area contributed by atoms with Crippen LogP contribution in [-0.2, 0) is 6.54 Å². The fourth-order valence-corrected chi connectivity index (χ4v) is 1.39. The third kappa shape index (κ3) is 2.44. The van der Waals surface area contributed by atoms with E-state index in [0.717, 1.165) is 18.7 Å². The summed E-state index contributed by atoms with van der Waals surface area (Å²) in [6.45, 7) is 3.10. The Bertz CT molecular complexity index is 511. The van der Waals surface area contributed by atoms with E-state index in [0.29, 0.717) is 12.4 Å². The third-order valence-corrected chi connectivity index (χ3v) is 2.21. The molecule has 17 heavy (non-hydrogen) atoms. The van der Waals surface area contributed by atoms with Gasteiger partial charge in [-0.1, -0.05) is 6.92 Å². The molecule has 2 aromatic rings. The molecule has 0 radical (unpaired) electrons. The highest BCUT2D eigenvalue weighted by molar-refractivity contribution is 5.33. The van der Waals surface area contributed by atoms with Gasteiger partial charge < -0.3 is 5.32 Å². The highest BCUT2D eigenvalue weighted by Gasteiger charge is 2.12. The van der Waals surface area contributed by atoms with E-state index in [-0.39, 0.29) is 5.69 Å². The number of hydrogen-bond acceptors (Lipinski definition) is 4. The summed E-state index contributed by atoms with van der Waals surface area (Å²) in [5.74, 6) is -0.861. The quantitative estimate of drug-likeness (QED) is 0.866. The smallest absolute Gasteiger partial charge is 0.170 e. The Hall–Kier alpha value is -1.89. The van der Waals surface area contributed by atoms with Crippen LogP contribution in [0.2, 0.25) is 0 Å². The maximum atomic E-state index is 13.5. The van der Waals surface area contributed by atoms with Crippen LogP contribution in [0.25, 0.3) is 5.69 Å². The number of hydrogen-bond donors (Lipinski definition) is 1. The number of halogens is 2. The van der Waals surface area contributed by atoms with Crippen LogP contribution in [0.5, 0.6) is 0 Å². The molecule has 7 heteroatoms. The number of tetrazole rings is 1. The molecule has 5 nitrogen and oxygen atoms in total. The summed E-state index contributed by atoms with van der Waals surface area (Å²) in [6, 6.07) is 3.27. The van der Waals surface area contributed by atoms with Crippen molar-refractivity contribution in [3.8, 4) is 5.69 Å². The molecule has 0 amide bonds. The SMILES string of the molecule is CCNCc1nnnn1-c1ccc(F)cc1F. The maximum absolute atomic E-state index is 13.5. The molecule has 1 aromatic carbocycles. The Balaban J connectivity index is 2.35. The average molecular weight is 239 g/mol. The first-order valence-electron chi connectivity index (χ1n) is 5.15. The van der Waals surface area contributed by atoms with Gasteiger partial charge in [0, 0.05) is 6.07 Å². The molecule has 0 atom stereocenters. The minimum absolute atomic E-state index is 0.129. The van der Waals surface area contributed by atoms with Gasteiger partial charge in [0.05, 0.1) is 6.54 Å². The minimum atomic E-state index is -0.699. The van der Waals surface area contributed by atoms with Crippen molar-refractivity contribution in [2.45, 2.75) is 13.5 Å². The molecular weight excluding hydrogens is 228 g/mol. The zero-order valence-corrected chi connectivity index (χ0v) is 9.19. The lowest BCUT2D eigenvalue weighted by Crippen LogP contribution is -2.16. The molecule has 0 saturated heterocycles. The Labute approximate surface area is 96.4 Å². The van der Waals surface area contributed by atoms with Gasteiger partial charge in [-0.25, -0.2) is 8.78 Å². The highest BCUT2D eigenvalue weighted by atomic mass is 19.1. The number of rotatable bonds is 4. The molecule has 2 rings (SSSR count). The Kier molecular flexibility index (Phi) is 3.38. The van der Waals surface area contributed by atoms with Crippen molar-refractivity contribution < 1.29 is 8.78 Å². The second kappa shape index (κ2) is 4.96. The van der Waals surface area contributed by atoms with Crippen LogP contribution in [0.1, 0.15) is 12.7 Å². The van der Waals surface area contributed by atoms with Crippen LogP contribution < -0.4 is 5.32 Å². The van der Waals surface area contributed by atoms with E-state index in [1.54, 1.807) is 0 Å². The van der Waals surface area contributed by atoms with Crippen molar-refractivity contribution in [2.24, 2.45) is 0 Å².